The Bertz CT molecular complexity index is 176. The van der Waals surface area contributed by atoms with Crippen molar-refractivity contribution >= 4 is 10.1 Å². The molecule has 0 heterocycles. The van der Waals surface area contributed by atoms with E-state index in [-0.39, 0.29) is 67.7 Å². The van der Waals surface area contributed by atoms with Crippen LogP contribution in [-0.4, -0.2) is 18.7 Å². The fraction of sp³-hybridized carbons (Fsp3) is 1.00. The van der Waals surface area contributed by atoms with E-state index in [0.29, 0.717) is 6.42 Å². The summed E-state index contributed by atoms with van der Waals surface area (Å²) in [5.74, 6) is -0.0903. The Morgan fingerprint density at radius 1 is 1.17 bits per heavy atom. The Morgan fingerprint density at radius 2 is 1.67 bits per heavy atom. The van der Waals surface area contributed by atoms with Gasteiger partial charge in [0.1, 0.15) is 0 Å². The Hall–Kier alpha value is 1.91. The first-order chi connectivity index (χ1) is 4.56. The third-order valence-corrected chi connectivity index (χ3v) is 2.06. The van der Waals surface area contributed by atoms with Gasteiger partial charge in [-0.1, -0.05) is 26.2 Å². The third-order valence-electron chi connectivity index (χ3n) is 1.26. The summed E-state index contributed by atoms with van der Waals surface area (Å²) in [6.07, 6.45) is 3.57. The van der Waals surface area contributed by atoms with E-state index >= 15 is 0 Å². The van der Waals surface area contributed by atoms with Gasteiger partial charge in [0, 0.05) is 0 Å². The zero-order valence-corrected chi connectivity index (χ0v) is 13.0. The first-order valence-electron chi connectivity index (χ1n) is 3.51. The summed E-state index contributed by atoms with van der Waals surface area (Å²) in [6, 6.07) is 0. The van der Waals surface area contributed by atoms with Crippen molar-refractivity contribution < 1.29 is 74.9 Å². The maximum absolute atomic E-state index is 10.1. The Labute approximate surface area is 122 Å². The van der Waals surface area contributed by atoms with E-state index in [9.17, 15) is 8.42 Å². The summed E-state index contributed by atoms with van der Waals surface area (Å²) in [7, 11) is -3.70. The van der Waals surface area contributed by atoms with E-state index in [1.165, 1.54) is 0 Å². The van der Waals surface area contributed by atoms with Crippen molar-refractivity contribution in [2.24, 2.45) is 0 Å². The number of unbranched alkanes of at least 4 members (excludes halogenated alkanes) is 3. The molecular weight excluding hydrogens is 198 g/mol. The third kappa shape index (κ3) is 17.9. The zero-order chi connectivity index (χ0) is 8.04. The van der Waals surface area contributed by atoms with Gasteiger partial charge in [-0.25, -0.2) is 0 Å². The van der Waals surface area contributed by atoms with Gasteiger partial charge in [0.2, 0.25) is 0 Å². The monoisotopic (exact) mass is 214 g/mol. The molecule has 0 aliphatic heterocycles. The molecule has 0 atom stereocenters. The molecule has 3 nitrogen and oxygen atoms in total. The van der Waals surface area contributed by atoms with E-state index in [0.717, 1.165) is 19.3 Å². The molecule has 6 heteroatoms. The van der Waals surface area contributed by atoms with Crippen molar-refractivity contribution in [1.82, 2.24) is 0 Å². The van der Waals surface area contributed by atoms with Crippen LogP contribution >= 0.6 is 0 Å². The molecule has 66 valence electrons. The minimum atomic E-state index is -3.70. The molecule has 0 radical (unpaired) electrons. The molecule has 0 amide bonds. The van der Waals surface area contributed by atoms with Gasteiger partial charge in [0.25, 0.3) is 10.1 Å². The quantitative estimate of drug-likeness (QED) is 0.286. The van der Waals surface area contributed by atoms with Crippen molar-refractivity contribution in [1.29, 1.82) is 0 Å². The molecule has 0 aromatic heterocycles. The van der Waals surface area contributed by atoms with E-state index in [4.69, 9.17) is 4.55 Å². The molecule has 0 aliphatic rings. The average Bonchev–Trinajstić information content (AvgIpc) is 1.78. The van der Waals surface area contributed by atoms with Crippen LogP contribution in [-0.2, 0) is 10.1 Å². The van der Waals surface area contributed by atoms with Gasteiger partial charge in [-0.3, -0.25) is 4.55 Å². The normalized spacial score (nSPS) is 9.83. The van der Waals surface area contributed by atoms with Crippen molar-refractivity contribution in [2.75, 3.05) is 5.75 Å². The van der Waals surface area contributed by atoms with Crippen LogP contribution in [0.5, 0.6) is 0 Å². The van der Waals surface area contributed by atoms with Crippen molar-refractivity contribution in [2.45, 2.75) is 32.6 Å². The average molecular weight is 214 g/mol. The van der Waals surface area contributed by atoms with Crippen LogP contribution in [0.25, 0.3) is 0 Å². The molecule has 0 saturated carbocycles. The summed E-state index contributed by atoms with van der Waals surface area (Å²) in [5.41, 5.74) is 0. The topological polar surface area (TPSA) is 54.4 Å². The zero-order valence-electron chi connectivity index (χ0n) is 10.2. The van der Waals surface area contributed by atoms with Gasteiger partial charge < -0.3 is 2.85 Å². The van der Waals surface area contributed by atoms with Crippen molar-refractivity contribution in [3.8, 4) is 0 Å². The fourth-order valence-corrected chi connectivity index (χ4v) is 1.28. The first-order valence-corrected chi connectivity index (χ1v) is 5.12. The van der Waals surface area contributed by atoms with Gasteiger partial charge >= 0.3 is 59.1 Å². The maximum Gasteiger partial charge on any atom is 1.00 e. The molecule has 0 aromatic carbocycles. The second-order valence-corrected chi connectivity index (χ2v) is 3.92. The van der Waals surface area contributed by atoms with Gasteiger partial charge in [0.05, 0.1) is 5.75 Å². The van der Waals surface area contributed by atoms with Crippen LogP contribution in [0.4, 0.5) is 0 Å². The minimum Gasteiger partial charge on any atom is -1.00 e. The predicted octanol–water partition coefficient (Wildman–Crippen LogP) is -4.31. The van der Waals surface area contributed by atoms with Crippen LogP contribution < -0.4 is 59.1 Å². The van der Waals surface area contributed by atoms with E-state index in [2.05, 4.69) is 0 Å². The predicted molar refractivity (Wildman–Crippen MR) is 42.8 cm³/mol. The Kier molecular flexibility index (Phi) is 17.8. The minimum absolute atomic E-state index is 0. The molecule has 12 heavy (non-hydrogen) atoms. The Morgan fingerprint density at radius 3 is 2.00 bits per heavy atom. The summed E-state index contributed by atoms with van der Waals surface area (Å²) in [6.45, 7) is 2.05. The second kappa shape index (κ2) is 11.0. The number of hydrogen-bond acceptors (Lipinski definition) is 2. The molecule has 0 aromatic rings. The van der Waals surface area contributed by atoms with Crippen LogP contribution in [0.1, 0.15) is 35.5 Å². The van der Waals surface area contributed by atoms with Crippen molar-refractivity contribution in [3.05, 3.63) is 0 Å². The number of rotatable bonds is 5. The van der Waals surface area contributed by atoms with Gasteiger partial charge in [-0.15, -0.1) is 0 Å². The second-order valence-electron chi connectivity index (χ2n) is 2.35. The molecule has 0 rings (SSSR count). The maximum atomic E-state index is 10.1. The molecule has 1 N–H and O–H groups in total. The molecular formula is C6H16Na2O3S. The van der Waals surface area contributed by atoms with E-state index in [1.54, 1.807) is 0 Å². The molecule has 0 aliphatic carbocycles. The molecule has 0 unspecified atom stereocenters. The van der Waals surface area contributed by atoms with Crippen molar-refractivity contribution in [3.63, 3.8) is 0 Å². The molecule has 0 fully saturated rings. The summed E-state index contributed by atoms with van der Waals surface area (Å²) in [4.78, 5) is 0. The van der Waals surface area contributed by atoms with Gasteiger partial charge in [-0.05, 0) is 6.42 Å². The Balaban J connectivity index is -0.0000000675. The summed E-state index contributed by atoms with van der Waals surface area (Å²) in [5, 5.41) is 0. The van der Waals surface area contributed by atoms with Gasteiger partial charge in [0.15, 0.2) is 0 Å². The van der Waals surface area contributed by atoms with E-state index in [1.807, 2.05) is 6.92 Å². The first kappa shape index (κ1) is 19.5. The van der Waals surface area contributed by atoms with Crippen LogP contribution in [0.15, 0.2) is 0 Å². The molecule has 0 saturated heterocycles. The van der Waals surface area contributed by atoms with Crippen LogP contribution in [0, 0.1) is 0 Å². The fourth-order valence-electron chi connectivity index (χ4n) is 0.711. The summed E-state index contributed by atoms with van der Waals surface area (Å²) >= 11 is 0. The van der Waals surface area contributed by atoms with E-state index < -0.39 is 10.1 Å². The van der Waals surface area contributed by atoms with Crippen LogP contribution in [0.2, 0.25) is 0 Å². The van der Waals surface area contributed by atoms with Crippen LogP contribution in [0.3, 0.4) is 0 Å². The molecule has 0 spiro atoms. The van der Waals surface area contributed by atoms with Gasteiger partial charge in [-0.2, -0.15) is 8.42 Å². The largest absolute Gasteiger partial charge is 1.00 e. The standard InChI is InChI=1S/C6H14O3S.2Na.2H/c1-2-3-4-5-6-10(7,8)9;;;;/h2-6H2,1H3,(H,7,8,9);;;;/q;2*+1;2*-1. The smallest absolute Gasteiger partial charge is 1.00 e. The summed E-state index contributed by atoms with van der Waals surface area (Å²) < 4.78 is 28.6. The molecule has 0 bridgehead atoms. The SMILES string of the molecule is CCCCCCS(=O)(=O)O.[H-].[H-].[Na+].[Na+]. The number of hydrogen-bond donors (Lipinski definition) is 1.